The van der Waals surface area contributed by atoms with Gasteiger partial charge in [0, 0.05) is 6.54 Å². The van der Waals surface area contributed by atoms with Gasteiger partial charge in [0.2, 0.25) is 0 Å². The average molecular weight is 205 g/mol. The van der Waals surface area contributed by atoms with Crippen LogP contribution in [0.2, 0.25) is 0 Å². The van der Waals surface area contributed by atoms with Crippen LogP contribution in [0.5, 0.6) is 0 Å². The molecule has 15 heavy (non-hydrogen) atoms. The third-order valence-electron chi connectivity index (χ3n) is 2.71. The molecule has 0 fully saturated rings. The molecule has 0 aliphatic rings. The van der Waals surface area contributed by atoms with Crippen LogP contribution in [-0.4, -0.2) is 13.1 Å². The smallest absolute Gasteiger partial charge is 0.00201 e. The lowest BCUT2D eigenvalue weighted by Crippen LogP contribution is -2.25. The van der Waals surface area contributed by atoms with Gasteiger partial charge in [0.05, 0.1) is 0 Å². The van der Waals surface area contributed by atoms with E-state index in [1.165, 1.54) is 12.0 Å². The van der Waals surface area contributed by atoms with Crippen molar-refractivity contribution in [1.29, 1.82) is 0 Å². The molecule has 0 aromatic heterocycles. The van der Waals surface area contributed by atoms with Crippen molar-refractivity contribution < 1.29 is 0 Å². The van der Waals surface area contributed by atoms with E-state index in [9.17, 15) is 0 Å². The fraction of sp³-hybridized carbons (Fsp3) is 0.571. The molecular weight excluding hydrogens is 182 g/mol. The van der Waals surface area contributed by atoms with Gasteiger partial charge in [-0.2, -0.15) is 0 Å². The summed E-state index contributed by atoms with van der Waals surface area (Å²) in [5.41, 5.74) is 1.45. The maximum Gasteiger partial charge on any atom is 0.00201 e. The van der Waals surface area contributed by atoms with E-state index < -0.39 is 0 Å². The van der Waals surface area contributed by atoms with Crippen LogP contribution >= 0.6 is 0 Å². The summed E-state index contributed by atoms with van der Waals surface area (Å²) in [5, 5.41) is 3.53. The van der Waals surface area contributed by atoms with E-state index >= 15 is 0 Å². The van der Waals surface area contributed by atoms with E-state index in [1.807, 2.05) is 0 Å². The minimum absolute atomic E-state index is 0.657. The molecule has 1 aromatic rings. The Morgan fingerprint density at radius 2 is 1.73 bits per heavy atom. The van der Waals surface area contributed by atoms with Gasteiger partial charge in [-0.1, -0.05) is 51.1 Å². The summed E-state index contributed by atoms with van der Waals surface area (Å²) in [6, 6.07) is 10.8. The molecule has 0 spiro atoms. The predicted molar refractivity (Wildman–Crippen MR) is 67.2 cm³/mol. The first-order chi connectivity index (χ1) is 7.24. The largest absolute Gasteiger partial charge is 0.316 e. The lowest BCUT2D eigenvalue weighted by molar-refractivity contribution is 0.509. The van der Waals surface area contributed by atoms with Crippen molar-refractivity contribution in [3.63, 3.8) is 0 Å². The summed E-state index contributed by atoms with van der Waals surface area (Å²) in [4.78, 5) is 0. The van der Waals surface area contributed by atoms with E-state index in [0.29, 0.717) is 5.92 Å². The van der Waals surface area contributed by atoms with Gasteiger partial charge < -0.3 is 5.32 Å². The van der Waals surface area contributed by atoms with E-state index in [0.717, 1.165) is 19.0 Å². The molecule has 0 radical (unpaired) electrons. The number of nitrogens with one attached hydrogen (secondary N) is 1. The molecule has 0 aliphatic heterocycles. The van der Waals surface area contributed by atoms with Crippen LogP contribution in [0.25, 0.3) is 0 Å². The summed E-state index contributed by atoms with van der Waals surface area (Å²) in [6.07, 6.45) is 1.20. The maximum atomic E-state index is 3.53. The second kappa shape index (κ2) is 6.62. The average Bonchev–Trinajstić information content (AvgIpc) is 2.25. The third kappa shape index (κ3) is 4.48. The monoisotopic (exact) mass is 205 g/mol. The molecule has 84 valence electrons. The van der Waals surface area contributed by atoms with Crippen LogP contribution in [0, 0.1) is 5.92 Å². The fourth-order valence-electron chi connectivity index (χ4n) is 1.77. The lowest BCUT2D eigenvalue weighted by atomic mass is 9.96. The Balaban J connectivity index is 2.43. The summed E-state index contributed by atoms with van der Waals surface area (Å²) in [6.45, 7) is 8.96. The first-order valence-electron chi connectivity index (χ1n) is 5.99. The normalized spacial score (nSPS) is 13.1. The van der Waals surface area contributed by atoms with Gasteiger partial charge in [0.15, 0.2) is 0 Å². The van der Waals surface area contributed by atoms with Crippen molar-refractivity contribution >= 4 is 0 Å². The molecule has 1 N–H and O–H groups in total. The number of benzene rings is 1. The Hall–Kier alpha value is -0.820. The van der Waals surface area contributed by atoms with Crippen LogP contribution in [0.4, 0.5) is 0 Å². The van der Waals surface area contributed by atoms with Gasteiger partial charge in [-0.3, -0.25) is 0 Å². The molecule has 1 rings (SSSR count). The minimum atomic E-state index is 0.657. The molecule has 0 bridgehead atoms. The summed E-state index contributed by atoms with van der Waals surface area (Å²) in [5.74, 6) is 1.39. The Kier molecular flexibility index (Phi) is 5.41. The second-order valence-electron chi connectivity index (χ2n) is 4.57. The molecule has 1 nitrogen and oxygen atoms in total. The van der Waals surface area contributed by atoms with E-state index in [4.69, 9.17) is 0 Å². The molecule has 0 saturated carbocycles. The summed E-state index contributed by atoms with van der Waals surface area (Å²) in [7, 11) is 0. The van der Waals surface area contributed by atoms with Crippen LogP contribution < -0.4 is 5.32 Å². The maximum absolute atomic E-state index is 3.53. The standard InChI is InChI=1S/C14H23N/c1-4-13(11-15-10-12(2)3)14-8-6-5-7-9-14/h5-9,12-13,15H,4,10-11H2,1-3H3. The van der Waals surface area contributed by atoms with Gasteiger partial charge in [-0.15, -0.1) is 0 Å². The van der Waals surface area contributed by atoms with E-state index in [2.05, 4.69) is 56.4 Å². The molecule has 0 amide bonds. The predicted octanol–water partition coefficient (Wildman–Crippen LogP) is 3.43. The minimum Gasteiger partial charge on any atom is -0.316 e. The zero-order chi connectivity index (χ0) is 11.1. The third-order valence-corrected chi connectivity index (χ3v) is 2.71. The molecule has 0 aliphatic carbocycles. The topological polar surface area (TPSA) is 12.0 Å². The summed E-state index contributed by atoms with van der Waals surface area (Å²) >= 11 is 0. The first-order valence-corrected chi connectivity index (χ1v) is 5.99. The van der Waals surface area contributed by atoms with Crippen LogP contribution in [0.1, 0.15) is 38.7 Å². The molecule has 0 saturated heterocycles. The highest BCUT2D eigenvalue weighted by molar-refractivity contribution is 5.19. The van der Waals surface area contributed by atoms with Crippen molar-refractivity contribution in [1.82, 2.24) is 5.32 Å². The number of hydrogen-bond acceptors (Lipinski definition) is 1. The molecule has 1 heteroatoms. The highest BCUT2D eigenvalue weighted by Gasteiger charge is 2.07. The van der Waals surface area contributed by atoms with Gasteiger partial charge >= 0.3 is 0 Å². The first kappa shape index (κ1) is 12.3. The Labute approximate surface area is 93.9 Å². The summed E-state index contributed by atoms with van der Waals surface area (Å²) < 4.78 is 0. The van der Waals surface area contributed by atoms with Crippen LogP contribution in [0.3, 0.4) is 0 Å². The van der Waals surface area contributed by atoms with Crippen molar-refractivity contribution in [3.05, 3.63) is 35.9 Å². The van der Waals surface area contributed by atoms with Gasteiger partial charge in [-0.25, -0.2) is 0 Å². The zero-order valence-corrected chi connectivity index (χ0v) is 10.2. The molecular formula is C14H23N. The number of hydrogen-bond donors (Lipinski definition) is 1. The van der Waals surface area contributed by atoms with E-state index in [-0.39, 0.29) is 0 Å². The fourth-order valence-corrected chi connectivity index (χ4v) is 1.77. The van der Waals surface area contributed by atoms with Gasteiger partial charge in [0.1, 0.15) is 0 Å². The Morgan fingerprint density at radius 1 is 1.07 bits per heavy atom. The Bertz CT molecular complexity index is 253. The van der Waals surface area contributed by atoms with Crippen molar-refractivity contribution in [2.75, 3.05) is 13.1 Å². The SMILES string of the molecule is CCC(CNCC(C)C)c1ccccc1. The highest BCUT2D eigenvalue weighted by Crippen LogP contribution is 2.17. The molecule has 1 aromatic carbocycles. The van der Waals surface area contributed by atoms with Crippen molar-refractivity contribution in [2.24, 2.45) is 5.92 Å². The lowest BCUT2D eigenvalue weighted by Gasteiger charge is -2.17. The highest BCUT2D eigenvalue weighted by atomic mass is 14.9. The van der Waals surface area contributed by atoms with Crippen molar-refractivity contribution in [2.45, 2.75) is 33.1 Å². The second-order valence-corrected chi connectivity index (χ2v) is 4.57. The zero-order valence-electron chi connectivity index (χ0n) is 10.2. The van der Waals surface area contributed by atoms with Gasteiger partial charge in [-0.05, 0) is 30.4 Å². The van der Waals surface area contributed by atoms with Crippen molar-refractivity contribution in [3.8, 4) is 0 Å². The van der Waals surface area contributed by atoms with Gasteiger partial charge in [0.25, 0.3) is 0 Å². The van der Waals surface area contributed by atoms with E-state index in [1.54, 1.807) is 0 Å². The van der Waals surface area contributed by atoms with Crippen LogP contribution in [-0.2, 0) is 0 Å². The van der Waals surface area contributed by atoms with Crippen LogP contribution in [0.15, 0.2) is 30.3 Å². The molecule has 0 heterocycles. The molecule has 1 unspecified atom stereocenters. The number of rotatable bonds is 6. The Morgan fingerprint density at radius 3 is 2.27 bits per heavy atom. The quantitative estimate of drug-likeness (QED) is 0.750. The molecule has 1 atom stereocenters.